The summed E-state index contributed by atoms with van der Waals surface area (Å²) in [4.78, 5) is 13.2. The fourth-order valence-corrected chi connectivity index (χ4v) is 3.17. The minimum atomic E-state index is -2.96. The second kappa shape index (κ2) is 4.49. The third-order valence-corrected chi connectivity index (χ3v) is 4.58. The summed E-state index contributed by atoms with van der Waals surface area (Å²) in [6.07, 6.45) is 0. The van der Waals surface area contributed by atoms with E-state index in [1.54, 1.807) is 18.2 Å². The van der Waals surface area contributed by atoms with E-state index in [4.69, 9.17) is 11.5 Å². The fraction of sp³-hybridized carbons (Fsp3) is 0.364. The number of carbonyl (C=O) groups excluding carboxylic acids is 1. The van der Waals surface area contributed by atoms with Crippen molar-refractivity contribution in [2.45, 2.75) is 0 Å². The van der Waals surface area contributed by atoms with E-state index in [1.807, 2.05) is 4.90 Å². The maximum atomic E-state index is 11.4. The lowest BCUT2D eigenvalue weighted by Crippen LogP contribution is -2.41. The molecule has 1 aliphatic rings. The van der Waals surface area contributed by atoms with Gasteiger partial charge in [-0.2, -0.15) is 0 Å². The summed E-state index contributed by atoms with van der Waals surface area (Å²) < 4.78 is 22.7. The molecule has 0 radical (unpaired) electrons. The number of nitrogens with two attached hydrogens (primary N) is 2. The van der Waals surface area contributed by atoms with Crippen molar-refractivity contribution in [2.24, 2.45) is 5.73 Å². The van der Waals surface area contributed by atoms with Gasteiger partial charge in [-0.1, -0.05) is 0 Å². The van der Waals surface area contributed by atoms with Crippen LogP contribution in [0.3, 0.4) is 0 Å². The Bertz CT molecular complexity index is 569. The molecule has 1 saturated heterocycles. The van der Waals surface area contributed by atoms with Crippen LogP contribution < -0.4 is 16.4 Å². The van der Waals surface area contributed by atoms with E-state index in [9.17, 15) is 13.2 Å². The maximum Gasteiger partial charge on any atom is 0.250 e. The first kappa shape index (κ1) is 12.7. The highest BCUT2D eigenvalue weighted by Gasteiger charge is 2.24. The zero-order chi connectivity index (χ0) is 13.3. The third kappa shape index (κ3) is 2.56. The lowest BCUT2D eigenvalue weighted by Gasteiger charge is -2.30. The Balaban J connectivity index is 2.33. The summed E-state index contributed by atoms with van der Waals surface area (Å²) in [5.74, 6) is -0.376. The third-order valence-electron chi connectivity index (χ3n) is 2.97. The molecule has 1 aromatic carbocycles. The normalized spacial score (nSPS) is 18.6. The number of benzene rings is 1. The molecule has 1 heterocycles. The highest BCUT2D eigenvalue weighted by atomic mass is 32.2. The highest BCUT2D eigenvalue weighted by molar-refractivity contribution is 7.91. The zero-order valence-electron chi connectivity index (χ0n) is 9.80. The number of nitrogen functional groups attached to an aromatic ring is 1. The Hall–Kier alpha value is -1.76. The van der Waals surface area contributed by atoms with Gasteiger partial charge < -0.3 is 16.4 Å². The highest BCUT2D eigenvalue weighted by Crippen LogP contribution is 2.24. The molecule has 0 bridgehead atoms. The van der Waals surface area contributed by atoms with E-state index in [0.717, 1.165) is 0 Å². The van der Waals surface area contributed by atoms with Crippen LogP contribution in [0.2, 0.25) is 0 Å². The lowest BCUT2D eigenvalue weighted by atomic mass is 10.1. The van der Waals surface area contributed by atoms with E-state index in [-0.39, 0.29) is 11.5 Å². The van der Waals surface area contributed by atoms with Crippen molar-refractivity contribution in [1.82, 2.24) is 0 Å². The Morgan fingerprint density at radius 3 is 2.39 bits per heavy atom. The van der Waals surface area contributed by atoms with Crippen LogP contribution in [0.1, 0.15) is 10.4 Å². The van der Waals surface area contributed by atoms with Crippen molar-refractivity contribution in [3.8, 4) is 0 Å². The van der Waals surface area contributed by atoms with Crippen molar-refractivity contribution in [2.75, 3.05) is 35.2 Å². The van der Waals surface area contributed by atoms with Gasteiger partial charge in [-0.3, -0.25) is 4.79 Å². The quantitative estimate of drug-likeness (QED) is 0.711. The largest absolute Gasteiger partial charge is 0.399 e. The van der Waals surface area contributed by atoms with Gasteiger partial charge in [-0.15, -0.1) is 0 Å². The molecule has 1 amide bonds. The van der Waals surface area contributed by atoms with E-state index in [1.165, 1.54) is 0 Å². The fourth-order valence-electron chi connectivity index (χ4n) is 1.97. The molecular weight excluding hydrogens is 254 g/mol. The van der Waals surface area contributed by atoms with Crippen LogP contribution >= 0.6 is 0 Å². The summed E-state index contributed by atoms with van der Waals surface area (Å²) >= 11 is 0. The van der Waals surface area contributed by atoms with Crippen molar-refractivity contribution >= 4 is 27.1 Å². The van der Waals surface area contributed by atoms with Crippen molar-refractivity contribution in [3.63, 3.8) is 0 Å². The van der Waals surface area contributed by atoms with Crippen molar-refractivity contribution < 1.29 is 13.2 Å². The van der Waals surface area contributed by atoms with Gasteiger partial charge >= 0.3 is 0 Å². The Kier molecular flexibility index (Phi) is 3.16. The number of anilines is 2. The number of hydrogen-bond acceptors (Lipinski definition) is 5. The van der Waals surface area contributed by atoms with Gasteiger partial charge in [0, 0.05) is 18.8 Å². The first-order valence-electron chi connectivity index (χ1n) is 5.54. The van der Waals surface area contributed by atoms with Gasteiger partial charge in [0.2, 0.25) is 0 Å². The monoisotopic (exact) mass is 269 g/mol. The molecule has 1 fully saturated rings. The summed E-state index contributed by atoms with van der Waals surface area (Å²) in [5, 5.41) is 0. The summed E-state index contributed by atoms with van der Waals surface area (Å²) in [7, 11) is -2.96. The number of rotatable bonds is 2. The Morgan fingerprint density at radius 2 is 1.83 bits per heavy atom. The SMILES string of the molecule is NC(=O)c1ccc(N)cc1N1CCS(=O)(=O)CC1. The summed E-state index contributed by atoms with van der Waals surface area (Å²) in [5.41, 5.74) is 12.5. The molecule has 0 saturated carbocycles. The molecule has 0 atom stereocenters. The molecule has 2 rings (SSSR count). The molecule has 7 heteroatoms. The summed E-state index contributed by atoms with van der Waals surface area (Å²) in [6, 6.07) is 4.82. The Labute approximate surface area is 105 Å². The standard InChI is InChI=1S/C11H15N3O3S/c12-8-1-2-9(11(13)15)10(7-8)14-3-5-18(16,17)6-4-14/h1-2,7H,3-6,12H2,(H2,13,15). The molecule has 0 unspecified atom stereocenters. The molecule has 0 aliphatic carbocycles. The average Bonchev–Trinajstić information content (AvgIpc) is 2.28. The van der Waals surface area contributed by atoms with E-state index >= 15 is 0 Å². The van der Waals surface area contributed by atoms with Gasteiger partial charge in [0.05, 0.1) is 22.8 Å². The average molecular weight is 269 g/mol. The number of hydrogen-bond donors (Lipinski definition) is 2. The van der Waals surface area contributed by atoms with E-state index in [2.05, 4.69) is 0 Å². The second-order valence-corrected chi connectivity index (χ2v) is 6.58. The van der Waals surface area contributed by atoms with E-state index in [0.29, 0.717) is 30.0 Å². The molecule has 98 valence electrons. The first-order chi connectivity index (χ1) is 8.39. The van der Waals surface area contributed by atoms with Crippen LogP contribution in [0, 0.1) is 0 Å². The molecule has 0 aromatic heterocycles. The van der Waals surface area contributed by atoms with Crippen LogP contribution in [0.5, 0.6) is 0 Å². The molecule has 6 nitrogen and oxygen atoms in total. The molecular formula is C11H15N3O3S. The minimum absolute atomic E-state index is 0.0833. The van der Waals surface area contributed by atoms with Crippen LogP contribution in [0.4, 0.5) is 11.4 Å². The number of carbonyl (C=O) groups is 1. The van der Waals surface area contributed by atoms with Gasteiger partial charge in [-0.05, 0) is 18.2 Å². The predicted molar refractivity (Wildman–Crippen MR) is 70.2 cm³/mol. The molecule has 4 N–H and O–H groups in total. The van der Waals surface area contributed by atoms with Crippen molar-refractivity contribution in [3.05, 3.63) is 23.8 Å². The van der Waals surface area contributed by atoms with Crippen LogP contribution in [-0.4, -0.2) is 38.9 Å². The number of nitrogens with zero attached hydrogens (tertiary/aromatic N) is 1. The summed E-state index contributed by atoms with van der Waals surface area (Å²) in [6.45, 7) is 0.706. The first-order valence-corrected chi connectivity index (χ1v) is 7.36. The van der Waals surface area contributed by atoms with E-state index < -0.39 is 15.7 Å². The molecule has 0 spiro atoms. The topological polar surface area (TPSA) is 106 Å². The molecule has 1 aromatic rings. The minimum Gasteiger partial charge on any atom is -0.399 e. The molecule has 1 aliphatic heterocycles. The maximum absolute atomic E-state index is 11.4. The predicted octanol–water partition coefficient (Wildman–Crippen LogP) is -0.398. The number of primary amides is 1. The van der Waals surface area contributed by atoms with Gasteiger partial charge in [0.15, 0.2) is 9.84 Å². The van der Waals surface area contributed by atoms with Gasteiger partial charge in [0.25, 0.3) is 5.91 Å². The molecule has 18 heavy (non-hydrogen) atoms. The van der Waals surface area contributed by atoms with Gasteiger partial charge in [-0.25, -0.2) is 8.42 Å². The number of amides is 1. The smallest absolute Gasteiger partial charge is 0.250 e. The zero-order valence-corrected chi connectivity index (χ0v) is 10.6. The second-order valence-electron chi connectivity index (χ2n) is 4.28. The van der Waals surface area contributed by atoms with Crippen molar-refractivity contribution in [1.29, 1.82) is 0 Å². The lowest BCUT2D eigenvalue weighted by molar-refractivity contribution is 0.100. The van der Waals surface area contributed by atoms with Gasteiger partial charge in [0.1, 0.15) is 0 Å². The van der Waals surface area contributed by atoms with Crippen LogP contribution in [0.15, 0.2) is 18.2 Å². The number of sulfone groups is 1. The van der Waals surface area contributed by atoms with Crippen LogP contribution in [-0.2, 0) is 9.84 Å². The Morgan fingerprint density at radius 1 is 1.22 bits per heavy atom. The van der Waals surface area contributed by atoms with Crippen LogP contribution in [0.25, 0.3) is 0 Å².